The van der Waals surface area contributed by atoms with Crippen molar-refractivity contribution < 1.29 is 14.4 Å². The third-order valence-electron chi connectivity index (χ3n) is 2.65. The van der Waals surface area contributed by atoms with Crippen LogP contribution in [0.5, 0.6) is 0 Å². The first kappa shape index (κ1) is 14.6. The zero-order valence-electron chi connectivity index (χ0n) is 11.6. The van der Waals surface area contributed by atoms with Gasteiger partial charge in [0.2, 0.25) is 11.7 Å². The van der Waals surface area contributed by atoms with Gasteiger partial charge in [-0.3, -0.25) is 9.88 Å². The summed E-state index contributed by atoms with van der Waals surface area (Å²) < 4.78 is 10.1. The van der Waals surface area contributed by atoms with Crippen molar-refractivity contribution in [3.05, 3.63) is 30.3 Å². The van der Waals surface area contributed by atoms with Crippen LogP contribution in [-0.2, 0) is 11.3 Å². The Kier molecular flexibility index (Phi) is 5.16. The summed E-state index contributed by atoms with van der Waals surface area (Å²) in [6, 6.07) is 5.52. The van der Waals surface area contributed by atoms with E-state index >= 15 is 0 Å². The summed E-state index contributed by atoms with van der Waals surface area (Å²) in [7, 11) is 3.42. The Hall–Kier alpha value is -1.83. The molecule has 2 heterocycles. The number of nitrogens with zero attached hydrogens (tertiary/aromatic N) is 4. The SMILES string of the molecule is COCC(O)CN(C)Cc1nc(-c2ccccn2)no1. The van der Waals surface area contributed by atoms with Gasteiger partial charge in [0.05, 0.1) is 19.3 Å². The first-order valence-corrected chi connectivity index (χ1v) is 6.28. The van der Waals surface area contributed by atoms with E-state index in [-0.39, 0.29) is 0 Å². The third kappa shape index (κ3) is 4.09. The Morgan fingerprint density at radius 1 is 1.45 bits per heavy atom. The Balaban J connectivity index is 1.93. The zero-order chi connectivity index (χ0) is 14.4. The highest BCUT2D eigenvalue weighted by molar-refractivity contribution is 5.46. The van der Waals surface area contributed by atoms with E-state index in [2.05, 4.69) is 15.1 Å². The predicted octanol–water partition coefficient (Wildman–Crippen LogP) is 0.571. The molecule has 2 aromatic rings. The van der Waals surface area contributed by atoms with Gasteiger partial charge in [-0.25, -0.2) is 0 Å². The van der Waals surface area contributed by atoms with Crippen molar-refractivity contribution >= 4 is 0 Å². The van der Waals surface area contributed by atoms with Crippen LogP contribution in [-0.4, -0.2) is 58.5 Å². The van der Waals surface area contributed by atoms with Crippen molar-refractivity contribution in [2.75, 3.05) is 27.3 Å². The fourth-order valence-electron chi connectivity index (χ4n) is 1.82. The van der Waals surface area contributed by atoms with Gasteiger partial charge in [0.1, 0.15) is 5.69 Å². The number of pyridine rings is 1. The van der Waals surface area contributed by atoms with E-state index in [4.69, 9.17) is 9.26 Å². The molecule has 1 atom stereocenters. The summed E-state index contributed by atoms with van der Waals surface area (Å²) in [4.78, 5) is 10.3. The van der Waals surface area contributed by atoms with Gasteiger partial charge in [0.25, 0.3) is 0 Å². The van der Waals surface area contributed by atoms with E-state index in [0.29, 0.717) is 37.1 Å². The number of likely N-dealkylation sites (N-methyl/N-ethyl adjacent to an activating group) is 1. The summed E-state index contributed by atoms with van der Waals surface area (Å²) in [5.41, 5.74) is 0.671. The molecule has 7 nitrogen and oxygen atoms in total. The molecule has 1 unspecified atom stereocenters. The topological polar surface area (TPSA) is 84.5 Å². The zero-order valence-corrected chi connectivity index (χ0v) is 11.6. The summed E-state index contributed by atoms with van der Waals surface area (Å²) in [6.45, 7) is 1.23. The lowest BCUT2D eigenvalue weighted by molar-refractivity contribution is 0.0400. The molecule has 1 N–H and O–H groups in total. The second-order valence-corrected chi connectivity index (χ2v) is 4.53. The van der Waals surface area contributed by atoms with Crippen molar-refractivity contribution in [1.29, 1.82) is 0 Å². The highest BCUT2D eigenvalue weighted by Crippen LogP contribution is 2.12. The molecule has 0 aliphatic heterocycles. The predicted molar refractivity (Wildman–Crippen MR) is 71.7 cm³/mol. The van der Waals surface area contributed by atoms with Crippen LogP contribution >= 0.6 is 0 Å². The maximum atomic E-state index is 9.64. The third-order valence-corrected chi connectivity index (χ3v) is 2.65. The number of hydrogen-bond donors (Lipinski definition) is 1. The summed E-state index contributed by atoms with van der Waals surface area (Å²) in [5.74, 6) is 0.948. The van der Waals surface area contributed by atoms with Crippen LogP contribution in [0.25, 0.3) is 11.5 Å². The smallest absolute Gasteiger partial charge is 0.241 e. The lowest BCUT2D eigenvalue weighted by Crippen LogP contribution is -2.31. The monoisotopic (exact) mass is 278 g/mol. The van der Waals surface area contributed by atoms with Gasteiger partial charge in [-0.15, -0.1) is 0 Å². The summed E-state index contributed by atoms with van der Waals surface area (Å²) >= 11 is 0. The molecule has 108 valence electrons. The molecule has 7 heteroatoms. The highest BCUT2D eigenvalue weighted by atomic mass is 16.5. The number of aromatic nitrogens is 3. The average Bonchev–Trinajstić information content (AvgIpc) is 2.88. The fourth-order valence-corrected chi connectivity index (χ4v) is 1.82. The van der Waals surface area contributed by atoms with E-state index in [0.717, 1.165) is 0 Å². The molecule has 0 saturated heterocycles. The normalized spacial score (nSPS) is 12.8. The molecule has 0 spiro atoms. The van der Waals surface area contributed by atoms with E-state index in [1.165, 1.54) is 0 Å². The van der Waals surface area contributed by atoms with Gasteiger partial charge in [-0.1, -0.05) is 11.2 Å². The minimum absolute atomic E-state index is 0.299. The van der Waals surface area contributed by atoms with Gasteiger partial charge in [0.15, 0.2) is 0 Å². The van der Waals surface area contributed by atoms with Crippen LogP contribution in [0.3, 0.4) is 0 Å². The first-order chi connectivity index (χ1) is 9.69. The van der Waals surface area contributed by atoms with E-state index in [9.17, 15) is 5.11 Å². The number of hydrogen-bond acceptors (Lipinski definition) is 7. The molecule has 0 fully saturated rings. The van der Waals surface area contributed by atoms with Crippen LogP contribution in [0.4, 0.5) is 0 Å². The molecule has 20 heavy (non-hydrogen) atoms. The Labute approximate surface area is 117 Å². The van der Waals surface area contributed by atoms with Crippen LogP contribution in [0.2, 0.25) is 0 Å². The number of rotatable bonds is 7. The molecule has 2 aromatic heterocycles. The molecule has 0 aromatic carbocycles. The number of aliphatic hydroxyl groups excluding tert-OH is 1. The van der Waals surface area contributed by atoms with Crippen LogP contribution in [0.1, 0.15) is 5.89 Å². The van der Waals surface area contributed by atoms with Gasteiger partial charge >= 0.3 is 0 Å². The van der Waals surface area contributed by atoms with Gasteiger partial charge in [0, 0.05) is 19.9 Å². The Bertz CT molecular complexity index is 517. The van der Waals surface area contributed by atoms with Crippen LogP contribution in [0.15, 0.2) is 28.9 Å². The molecular formula is C13H18N4O3. The van der Waals surface area contributed by atoms with Gasteiger partial charge in [-0.2, -0.15) is 4.98 Å². The van der Waals surface area contributed by atoms with Gasteiger partial charge in [-0.05, 0) is 19.2 Å². The summed E-state index contributed by atoms with van der Waals surface area (Å²) in [6.07, 6.45) is 1.14. The Morgan fingerprint density at radius 3 is 3.00 bits per heavy atom. The molecule has 0 radical (unpaired) electrons. The van der Waals surface area contributed by atoms with E-state index in [1.807, 2.05) is 30.1 Å². The molecule has 0 aliphatic carbocycles. The molecular weight excluding hydrogens is 260 g/mol. The fraction of sp³-hybridized carbons (Fsp3) is 0.462. The molecule has 0 aliphatic rings. The highest BCUT2D eigenvalue weighted by Gasteiger charge is 2.13. The van der Waals surface area contributed by atoms with E-state index in [1.54, 1.807) is 13.3 Å². The molecule has 0 amide bonds. The van der Waals surface area contributed by atoms with Crippen molar-refractivity contribution in [1.82, 2.24) is 20.0 Å². The standard InChI is InChI=1S/C13H18N4O3/c1-17(7-10(18)9-19-2)8-12-15-13(16-20-12)11-5-3-4-6-14-11/h3-6,10,18H,7-9H2,1-2H3. The lowest BCUT2D eigenvalue weighted by atomic mass is 10.3. The maximum absolute atomic E-state index is 9.64. The number of methoxy groups -OCH3 is 1. The van der Waals surface area contributed by atoms with Crippen molar-refractivity contribution in [2.45, 2.75) is 12.6 Å². The van der Waals surface area contributed by atoms with Crippen LogP contribution < -0.4 is 0 Å². The largest absolute Gasteiger partial charge is 0.389 e. The minimum atomic E-state index is -0.539. The average molecular weight is 278 g/mol. The second-order valence-electron chi connectivity index (χ2n) is 4.53. The van der Waals surface area contributed by atoms with Crippen LogP contribution in [0, 0.1) is 0 Å². The quantitative estimate of drug-likeness (QED) is 0.792. The van der Waals surface area contributed by atoms with Crippen molar-refractivity contribution in [3.63, 3.8) is 0 Å². The Morgan fingerprint density at radius 2 is 2.30 bits per heavy atom. The molecule has 0 bridgehead atoms. The minimum Gasteiger partial charge on any atom is -0.389 e. The van der Waals surface area contributed by atoms with Crippen molar-refractivity contribution in [2.24, 2.45) is 0 Å². The molecule has 2 rings (SSSR count). The van der Waals surface area contributed by atoms with Crippen molar-refractivity contribution in [3.8, 4) is 11.5 Å². The number of aliphatic hydroxyl groups is 1. The molecule has 0 saturated carbocycles. The maximum Gasteiger partial charge on any atom is 0.241 e. The van der Waals surface area contributed by atoms with E-state index < -0.39 is 6.10 Å². The summed E-state index contributed by atoms with van der Waals surface area (Å²) in [5, 5.41) is 13.5. The number of ether oxygens (including phenoxy) is 1. The second kappa shape index (κ2) is 7.09. The lowest BCUT2D eigenvalue weighted by Gasteiger charge is -2.17. The van der Waals surface area contributed by atoms with Gasteiger partial charge < -0.3 is 14.4 Å². The first-order valence-electron chi connectivity index (χ1n) is 6.28.